The summed E-state index contributed by atoms with van der Waals surface area (Å²) in [6, 6.07) is 30.0. The Bertz CT molecular complexity index is 1850. The molecule has 2 heterocycles. The van der Waals surface area contributed by atoms with Crippen LogP contribution in [0.1, 0.15) is 34.3 Å². The van der Waals surface area contributed by atoms with Crippen molar-refractivity contribution >= 4 is 28.8 Å². The number of fused-ring (bicyclic) bond motifs is 1. The van der Waals surface area contributed by atoms with E-state index < -0.39 is 17.8 Å². The van der Waals surface area contributed by atoms with Crippen LogP contribution in [0, 0.1) is 0 Å². The summed E-state index contributed by atoms with van der Waals surface area (Å²) in [7, 11) is 0. The van der Waals surface area contributed by atoms with E-state index >= 15 is 0 Å². The molecule has 214 valence electrons. The molecule has 0 spiro atoms. The SMILES string of the molecule is O=C(ON1C(=O)CCC1=O)c1ccc(-c2cc(=O)c3ccc(OCc4ccccc4)c(OCc4ccccc4)c3o2)cc1. The fourth-order valence-corrected chi connectivity index (χ4v) is 4.60. The molecule has 2 amide bonds. The highest BCUT2D eigenvalue weighted by Crippen LogP contribution is 2.37. The third kappa shape index (κ3) is 6.01. The Morgan fingerprint density at radius 1 is 0.721 bits per heavy atom. The van der Waals surface area contributed by atoms with Gasteiger partial charge in [-0.15, -0.1) is 5.06 Å². The smallest absolute Gasteiger partial charge is 0.363 e. The summed E-state index contributed by atoms with van der Waals surface area (Å²) in [5.41, 5.74) is 2.44. The van der Waals surface area contributed by atoms with Crippen LogP contribution in [-0.2, 0) is 27.6 Å². The van der Waals surface area contributed by atoms with Gasteiger partial charge in [0, 0.05) is 24.5 Å². The number of hydrogen-bond donors (Lipinski definition) is 0. The molecular formula is C34H25NO8. The van der Waals surface area contributed by atoms with E-state index in [0.29, 0.717) is 21.8 Å². The molecular weight excluding hydrogens is 550 g/mol. The zero-order valence-electron chi connectivity index (χ0n) is 22.9. The summed E-state index contributed by atoms with van der Waals surface area (Å²) in [6.07, 6.45) is 0.00418. The van der Waals surface area contributed by atoms with Gasteiger partial charge in [0.1, 0.15) is 19.0 Å². The van der Waals surface area contributed by atoms with Crippen LogP contribution in [0.3, 0.4) is 0 Å². The van der Waals surface area contributed by atoms with Crippen LogP contribution in [0.15, 0.2) is 112 Å². The van der Waals surface area contributed by atoms with Gasteiger partial charge in [0.2, 0.25) is 5.75 Å². The fourth-order valence-electron chi connectivity index (χ4n) is 4.60. The van der Waals surface area contributed by atoms with Crippen LogP contribution in [0.25, 0.3) is 22.3 Å². The van der Waals surface area contributed by atoms with Crippen LogP contribution in [-0.4, -0.2) is 22.8 Å². The molecule has 5 aromatic rings. The second kappa shape index (κ2) is 12.0. The lowest BCUT2D eigenvalue weighted by molar-refractivity contribution is -0.172. The van der Waals surface area contributed by atoms with Crippen LogP contribution in [0.2, 0.25) is 0 Å². The highest BCUT2D eigenvalue weighted by molar-refractivity contribution is 6.02. The van der Waals surface area contributed by atoms with Crippen molar-refractivity contribution < 1.29 is 33.1 Å². The zero-order valence-corrected chi connectivity index (χ0v) is 22.9. The Hall–Kier alpha value is -5.70. The van der Waals surface area contributed by atoms with Crippen molar-refractivity contribution in [3.63, 3.8) is 0 Å². The van der Waals surface area contributed by atoms with Crippen molar-refractivity contribution in [3.05, 3.63) is 130 Å². The lowest BCUT2D eigenvalue weighted by Gasteiger charge is -2.15. The van der Waals surface area contributed by atoms with Crippen LogP contribution in [0.4, 0.5) is 0 Å². The zero-order chi connectivity index (χ0) is 29.8. The number of imide groups is 1. The summed E-state index contributed by atoms with van der Waals surface area (Å²) in [6.45, 7) is 0.499. The fraction of sp³-hybridized carbons (Fsp3) is 0.118. The molecule has 0 aliphatic carbocycles. The van der Waals surface area contributed by atoms with Gasteiger partial charge in [-0.05, 0) is 35.4 Å². The molecule has 1 fully saturated rings. The summed E-state index contributed by atoms with van der Waals surface area (Å²) in [5, 5.41) is 0.812. The van der Waals surface area contributed by atoms with Gasteiger partial charge >= 0.3 is 5.97 Å². The van der Waals surface area contributed by atoms with E-state index in [9.17, 15) is 19.2 Å². The monoisotopic (exact) mass is 575 g/mol. The summed E-state index contributed by atoms with van der Waals surface area (Å²) in [5.74, 6) is -1.04. The lowest BCUT2D eigenvalue weighted by atomic mass is 10.1. The van der Waals surface area contributed by atoms with Gasteiger partial charge in [-0.25, -0.2) is 4.79 Å². The number of ether oxygens (including phenoxy) is 2. The van der Waals surface area contributed by atoms with Crippen molar-refractivity contribution in [2.45, 2.75) is 26.1 Å². The minimum Gasteiger partial charge on any atom is -0.485 e. The maximum Gasteiger partial charge on any atom is 0.363 e. The average Bonchev–Trinajstić information content (AvgIpc) is 3.36. The normalized spacial score (nSPS) is 12.9. The molecule has 0 unspecified atom stereocenters. The average molecular weight is 576 g/mol. The van der Waals surface area contributed by atoms with Gasteiger partial charge in [0.05, 0.1) is 10.9 Å². The van der Waals surface area contributed by atoms with Crippen molar-refractivity contribution in [2.75, 3.05) is 0 Å². The van der Waals surface area contributed by atoms with Gasteiger partial charge in [-0.3, -0.25) is 14.4 Å². The molecule has 0 bridgehead atoms. The first-order valence-corrected chi connectivity index (χ1v) is 13.6. The molecule has 1 aromatic heterocycles. The summed E-state index contributed by atoms with van der Waals surface area (Å²) >= 11 is 0. The molecule has 1 saturated heterocycles. The molecule has 9 nitrogen and oxygen atoms in total. The molecule has 0 radical (unpaired) electrons. The maximum absolute atomic E-state index is 13.2. The van der Waals surface area contributed by atoms with Crippen molar-refractivity contribution in [3.8, 4) is 22.8 Å². The van der Waals surface area contributed by atoms with Gasteiger partial charge in [0.15, 0.2) is 16.8 Å². The third-order valence-corrected chi connectivity index (χ3v) is 6.86. The number of carbonyl (C=O) groups excluding carboxylic acids is 3. The number of carbonyl (C=O) groups is 3. The van der Waals surface area contributed by atoms with E-state index in [2.05, 4.69) is 0 Å². The largest absolute Gasteiger partial charge is 0.485 e. The third-order valence-electron chi connectivity index (χ3n) is 6.86. The van der Waals surface area contributed by atoms with E-state index in [0.717, 1.165) is 11.1 Å². The Morgan fingerprint density at radius 2 is 1.33 bits per heavy atom. The van der Waals surface area contributed by atoms with Gasteiger partial charge in [0.25, 0.3) is 11.8 Å². The second-order valence-electron chi connectivity index (χ2n) is 9.83. The van der Waals surface area contributed by atoms with Crippen molar-refractivity contribution in [2.24, 2.45) is 0 Å². The molecule has 0 atom stereocenters. The number of nitrogens with zero attached hydrogens (tertiary/aromatic N) is 1. The van der Waals surface area contributed by atoms with E-state index in [1.807, 2.05) is 60.7 Å². The molecule has 1 aliphatic rings. The lowest BCUT2D eigenvalue weighted by Crippen LogP contribution is -2.32. The minimum absolute atomic E-state index is 0.00209. The predicted octanol–water partition coefficient (Wildman–Crippen LogP) is 5.84. The number of hydroxylamine groups is 2. The highest BCUT2D eigenvalue weighted by atomic mass is 16.7. The van der Waals surface area contributed by atoms with Gasteiger partial charge in [-0.1, -0.05) is 72.8 Å². The Kier molecular flexibility index (Phi) is 7.69. The highest BCUT2D eigenvalue weighted by Gasteiger charge is 2.33. The predicted molar refractivity (Wildman–Crippen MR) is 156 cm³/mol. The standard InChI is InChI=1S/C34H25NO8/c36-27-19-29(24-11-13-25(14-12-24)34(39)43-35-30(37)17-18-31(35)38)42-32-26(27)15-16-28(40-20-22-7-3-1-4-8-22)33(32)41-21-23-9-5-2-6-10-23/h1-16,19H,17-18,20-21H2. The number of amides is 2. The molecule has 0 saturated carbocycles. The Morgan fingerprint density at radius 3 is 1.95 bits per heavy atom. The van der Waals surface area contributed by atoms with Crippen LogP contribution >= 0.6 is 0 Å². The van der Waals surface area contributed by atoms with E-state index in [-0.39, 0.29) is 54.1 Å². The molecule has 9 heteroatoms. The van der Waals surface area contributed by atoms with Crippen LogP contribution in [0.5, 0.6) is 11.5 Å². The quantitative estimate of drug-likeness (QED) is 0.202. The second-order valence-corrected chi connectivity index (χ2v) is 9.83. The van der Waals surface area contributed by atoms with E-state index in [1.54, 1.807) is 24.3 Å². The first kappa shape index (κ1) is 27.5. The number of hydrogen-bond acceptors (Lipinski definition) is 8. The number of rotatable bonds is 9. The maximum atomic E-state index is 13.2. The molecule has 1 aliphatic heterocycles. The Balaban J connectivity index is 1.32. The molecule has 4 aromatic carbocycles. The first-order valence-electron chi connectivity index (χ1n) is 13.6. The molecule has 43 heavy (non-hydrogen) atoms. The topological polar surface area (TPSA) is 112 Å². The van der Waals surface area contributed by atoms with Gasteiger partial charge < -0.3 is 18.7 Å². The summed E-state index contributed by atoms with van der Waals surface area (Å²) in [4.78, 5) is 54.3. The number of benzene rings is 4. The molecule has 6 rings (SSSR count). The summed E-state index contributed by atoms with van der Waals surface area (Å²) < 4.78 is 18.6. The van der Waals surface area contributed by atoms with E-state index in [4.69, 9.17) is 18.7 Å². The van der Waals surface area contributed by atoms with Crippen LogP contribution < -0.4 is 14.9 Å². The van der Waals surface area contributed by atoms with E-state index in [1.165, 1.54) is 18.2 Å². The minimum atomic E-state index is -0.855. The van der Waals surface area contributed by atoms with Crippen molar-refractivity contribution in [1.29, 1.82) is 0 Å². The van der Waals surface area contributed by atoms with Gasteiger partial charge in [-0.2, -0.15) is 0 Å². The molecule has 0 N–H and O–H groups in total. The Labute approximate surface area is 245 Å². The first-order chi connectivity index (χ1) is 21.0. The van der Waals surface area contributed by atoms with Crippen molar-refractivity contribution in [1.82, 2.24) is 5.06 Å².